The number of nitrogens with zero attached hydrogens (tertiary/aromatic N) is 2. The Hall–Kier alpha value is -0.920. The van der Waals surface area contributed by atoms with Crippen LogP contribution in [-0.4, -0.2) is 49.1 Å². The van der Waals surface area contributed by atoms with Crippen molar-refractivity contribution in [3.63, 3.8) is 0 Å². The van der Waals surface area contributed by atoms with Gasteiger partial charge in [0.15, 0.2) is 0 Å². The van der Waals surface area contributed by atoms with Crippen molar-refractivity contribution < 1.29 is 8.42 Å². The Morgan fingerprint density at radius 3 is 2.53 bits per heavy atom. The normalized spacial score (nSPS) is 29.7. The molecule has 1 aromatic rings. The molecule has 2 aliphatic rings. The summed E-state index contributed by atoms with van der Waals surface area (Å²) in [6, 6.07) is 0. The molecule has 94 valence electrons. The second-order valence-corrected chi connectivity index (χ2v) is 6.77. The third kappa shape index (κ3) is 1.69. The van der Waals surface area contributed by atoms with Gasteiger partial charge in [-0.15, -0.1) is 0 Å². The third-order valence-electron chi connectivity index (χ3n) is 3.76. The molecule has 0 saturated carbocycles. The van der Waals surface area contributed by atoms with Crippen LogP contribution in [0, 0.1) is 18.8 Å². The summed E-state index contributed by atoms with van der Waals surface area (Å²) < 4.78 is 26.4. The molecule has 3 rings (SSSR count). The summed E-state index contributed by atoms with van der Waals surface area (Å²) in [5.41, 5.74) is 0.611. The Labute approximate surface area is 100 Å². The van der Waals surface area contributed by atoms with Crippen molar-refractivity contribution in [2.45, 2.75) is 11.8 Å². The van der Waals surface area contributed by atoms with Gasteiger partial charge in [-0.3, -0.25) is 5.10 Å². The van der Waals surface area contributed by atoms with Gasteiger partial charge in [0.25, 0.3) is 0 Å². The molecule has 0 unspecified atom stereocenters. The van der Waals surface area contributed by atoms with Gasteiger partial charge in [0.2, 0.25) is 10.0 Å². The highest BCUT2D eigenvalue weighted by atomic mass is 32.2. The Kier molecular flexibility index (Phi) is 2.49. The number of sulfonamides is 1. The Morgan fingerprint density at radius 2 is 2.00 bits per heavy atom. The molecule has 2 atom stereocenters. The Bertz CT molecular complexity index is 512. The van der Waals surface area contributed by atoms with E-state index >= 15 is 0 Å². The van der Waals surface area contributed by atoms with Crippen LogP contribution in [0.15, 0.2) is 11.1 Å². The highest BCUT2D eigenvalue weighted by molar-refractivity contribution is 7.89. The van der Waals surface area contributed by atoms with Gasteiger partial charge in [-0.1, -0.05) is 0 Å². The Morgan fingerprint density at radius 1 is 1.35 bits per heavy atom. The predicted octanol–water partition coefficient (Wildman–Crippen LogP) is -0.442. The second kappa shape index (κ2) is 3.79. The van der Waals surface area contributed by atoms with Gasteiger partial charge in [-0.2, -0.15) is 9.40 Å². The zero-order valence-corrected chi connectivity index (χ0v) is 10.5. The van der Waals surface area contributed by atoms with Gasteiger partial charge >= 0.3 is 0 Å². The van der Waals surface area contributed by atoms with E-state index in [-0.39, 0.29) is 0 Å². The maximum atomic E-state index is 12.4. The maximum absolute atomic E-state index is 12.4. The molecule has 0 aliphatic carbocycles. The predicted molar refractivity (Wildman–Crippen MR) is 61.9 cm³/mol. The number of hydrogen-bond donors (Lipinski definition) is 2. The van der Waals surface area contributed by atoms with Crippen molar-refractivity contribution in [3.05, 3.63) is 11.9 Å². The van der Waals surface area contributed by atoms with Crippen molar-refractivity contribution in [1.29, 1.82) is 0 Å². The summed E-state index contributed by atoms with van der Waals surface area (Å²) in [4.78, 5) is 0.311. The van der Waals surface area contributed by atoms with Crippen LogP contribution in [0.4, 0.5) is 0 Å². The van der Waals surface area contributed by atoms with E-state index in [9.17, 15) is 8.42 Å². The molecule has 2 fully saturated rings. The molecule has 2 N–H and O–H groups in total. The van der Waals surface area contributed by atoms with Gasteiger partial charge in [-0.25, -0.2) is 8.42 Å². The lowest BCUT2D eigenvalue weighted by atomic mass is 10.0. The molecule has 0 radical (unpaired) electrons. The Balaban J connectivity index is 1.88. The van der Waals surface area contributed by atoms with Crippen LogP contribution in [0.2, 0.25) is 0 Å². The standard InChI is InChI=1S/C10H16N4O2S/c1-7-10(4-12-13-7)17(15,16)14-5-8-2-11-3-9(8)6-14/h4,8-9,11H,2-3,5-6H2,1H3,(H,12,13)/t8-,9+. The molecule has 17 heavy (non-hydrogen) atoms. The van der Waals surface area contributed by atoms with Gasteiger partial charge in [0.05, 0.1) is 11.9 Å². The molecule has 3 heterocycles. The van der Waals surface area contributed by atoms with Gasteiger partial charge in [0, 0.05) is 13.1 Å². The minimum Gasteiger partial charge on any atom is -0.316 e. The first-order chi connectivity index (χ1) is 8.09. The molecule has 0 amide bonds. The number of hydrogen-bond acceptors (Lipinski definition) is 4. The van der Waals surface area contributed by atoms with Crippen LogP contribution in [-0.2, 0) is 10.0 Å². The largest absolute Gasteiger partial charge is 0.316 e. The number of H-pyrrole nitrogens is 1. The maximum Gasteiger partial charge on any atom is 0.246 e. The smallest absolute Gasteiger partial charge is 0.246 e. The van der Waals surface area contributed by atoms with Crippen LogP contribution in [0.5, 0.6) is 0 Å². The van der Waals surface area contributed by atoms with Crippen molar-refractivity contribution in [2.24, 2.45) is 11.8 Å². The molecule has 1 aromatic heterocycles. The fourth-order valence-electron chi connectivity index (χ4n) is 2.75. The lowest BCUT2D eigenvalue weighted by Crippen LogP contribution is -2.32. The fraction of sp³-hybridized carbons (Fsp3) is 0.700. The molecular formula is C10H16N4O2S. The van der Waals surface area contributed by atoms with E-state index in [2.05, 4.69) is 15.5 Å². The highest BCUT2D eigenvalue weighted by Gasteiger charge is 2.42. The number of rotatable bonds is 2. The molecule has 2 aliphatic heterocycles. The minimum absolute atomic E-state index is 0.311. The SMILES string of the molecule is Cc1[nH]ncc1S(=O)(=O)N1C[C@H]2CNC[C@H]2C1. The molecule has 0 bridgehead atoms. The molecule has 7 heteroatoms. The fourth-order valence-corrected chi connectivity index (χ4v) is 4.42. The molecule has 0 aromatic carbocycles. The number of aromatic nitrogens is 2. The summed E-state index contributed by atoms with van der Waals surface area (Å²) in [5.74, 6) is 0.939. The number of nitrogens with one attached hydrogen (secondary N) is 2. The first-order valence-corrected chi connectivity index (χ1v) is 7.24. The van der Waals surface area contributed by atoms with E-state index in [4.69, 9.17) is 0 Å². The first-order valence-electron chi connectivity index (χ1n) is 5.80. The van der Waals surface area contributed by atoms with Crippen molar-refractivity contribution in [2.75, 3.05) is 26.2 Å². The van der Waals surface area contributed by atoms with Crippen LogP contribution in [0.1, 0.15) is 5.69 Å². The zero-order chi connectivity index (χ0) is 12.0. The lowest BCUT2D eigenvalue weighted by molar-refractivity contribution is 0.447. The topological polar surface area (TPSA) is 78.1 Å². The van der Waals surface area contributed by atoms with E-state index in [0.29, 0.717) is 35.5 Å². The van der Waals surface area contributed by atoms with Crippen LogP contribution < -0.4 is 5.32 Å². The first kappa shape index (κ1) is 11.2. The summed E-state index contributed by atoms with van der Waals surface area (Å²) in [5, 5.41) is 9.77. The monoisotopic (exact) mass is 256 g/mol. The quantitative estimate of drug-likeness (QED) is 0.752. The van der Waals surface area contributed by atoms with Crippen LogP contribution >= 0.6 is 0 Å². The lowest BCUT2D eigenvalue weighted by Gasteiger charge is -2.16. The van der Waals surface area contributed by atoms with E-state index in [1.165, 1.54) is 6.20 Å². The highest BCUT2D eigenvalue weighted by Crippen LogP contribution is 2.31. The van der Waals surface area contributed by atoms with Crippen molar-refractivity contribution in [3.8, 4) is 0 Å². The third-order valence-corrected chi connectivity index (χ3v) is 5.70. The number of aromatic amines is 1. The van der Waals surface area contributed by atoms with Gasteiger partial charge in [-0.05, 0) is 31.8 Å². The van der Waals surface area contributed by atoms with E-state index in [1.807, 2.05) is 0 Å². The number of fused-ring (bicyclic) bond motifs is 1. The van der Waals surface area contributed by atoms with Gasteiger partial charge < -0.3 is 5.32 Å². The van der Waals surface area contributed by atoms with E-state index < -0.39 is 10.0 Å². The summed E-state index contributed by atoms with van der Waals surface area (Å²) in [7, 11) is -3.36. The average molecular weight is 256 g/mol. The van der Waals surface area contributed by atoms with E-state index in [1.54, 1.807) is 11.2 Å². The van der Waals surface area contributed by atoms with Crippen molar-refractivity contribution >= 4 is 10.0 Å². The molecule has 6 nitrogen and oxygen atoms in total. The molecule has 0 spiro atoms. The summed E-state index contributed by atoms with van der Waals surface area (Å²) >= 11 is 0. The molecular weight excluding hydrogens is 240 g/mol. The second-order valence-electron chi connectivity index (χ2n) is 4.86. The van der Waals surface area contributed by atoms with Crippen LogP contribution in [0.3, 0.4) is 0 Å². The zero-order valence-electron chi connectivity index (χ0n) is 9.68. The average Bonchev–Trinajstić information content (AvgIpc) is 2.89. The van der Waals surface area contributed by atoms with Crippen LogP contribution in [0.25, 0.3) is 0 Å². The number of aryl methyl sites for hydroxylation is 1. The summed E-state index contributed by atoms with van der Waals surface area (Å²) in [6.45, 7) is 4.86. The summed E-state index contributed by atoms with van der Waals surface area (Å²) in [6.07, 6.45) is 1.40. The van der Waals surface area contributed by atoms with Crippen molar-refractivity contribution in [1.82, 2.24) is 19.8 Å². The minimum atomic E-state index is -3.36. The van der Waals surface area contributed by atoms with E-state index in [0.717, 1.165) is 13.1 Å². The van der Waals surface area contributed by atoms with Gasteiger partial charge in [0.1, 0.15) is 4.90 Å². The molecule has 2 saturated heterocycles.